The van der Waals surface area contributed by atoms with Gasteiger partial charge in [0.15, 0.2) is 0 Å². The molecule has 0 aliphatic carbocycles. The van der Waals surface area contributed by atoms with E-state index in [4.69, 9.17) is 11.0 Å². The average molecular weight is 281 g/mol. The lowest BCUT2D eigenvalue weighted by Gasteiger charge is -2.03. The molecular weight excluding hydrogens is 269 g/mol. The molecule has 0 fully saturated rings. The second kappa shape index (κ2) is 6.35. The van der Waals surface area contributed by atoms with Crippen molar-refractivity contribution in [1.29, 1.82) is 5.26 Å². The molecule has 1 amide bonds. The van der Waals surface area contributed by atoms with Gasteiger partial charge in [-0.25, -0.2) is 4.39 Å². The van der Waals surface area contributed by atoms with Gasteiger partial charge < -0.3 is 11.1 Å². The molecule has 2 aromatic rings. The van der Waals surface area contributed by atoms with Crippen molar-refractivity contribution in [1.82, 2.24) is 0 Å². The Morgan fingerprint density at radius 3 is 2.76 bits per heavy atom. The fourth-order valence-corrected chi connectivity index (χ4v) is 1.70. The molecule has 0 saturated heterocycles. The molecule has 2 aromatic carbocycles. The van der Waals surface area contributed by atoms with Crippen molar-refractivity contribution in [3.63, 3.8) is 0 Å². The van der Waals surface area contributed by atoms with Gasteiger partial charge in [-0.3, -0.25) is 4.79 Å². The van der Waals surface area contributed by atoms with Crippen LogP contribution < -0.4 is 11.1 Å². The SMILES string of the molecule is N#Cc1ccccc1NC(=O)/C=C/c1ccc(F)c(N)c1. The van der Waals surface area contributed by atoms with Crippen molar-refractivity contribution < 1.29 is 9.18 Å². The number of nitrogen functional groups attached to an aromatic ring is 1. The molecule has 2 rings (SSSR count). The van der Waals surface area contributed by atoms with Crippen molar-refractivity contribution in [2.24, 2.45) is 0 Å². The number of hydrogen-bond donors (Lipinski definition) is 2. The lowest BCUT2D eigenvalue weighted by atomic mass is 10.1. The molecule has 0 saturated carbocycles. The Balaban J connectivity index is 2.09. The van der Waals surface area contributed by atoms with Gasteiger partial charge in [0.05, 0.1) is 16.9 Å². The predicted octanol–water partition coefficient (Wildman–Crippen LogP) is 2.93. The van der Waals surface area contributed by atoms with E-state index < -0.39 is 5.82 Å². The molecule has 0 aromatic heterocycles. The van der Waals surface area contributed by atoms with Crippen molar-refractivity contribution >= 4 is 23.4 Å². The first-order chi connectivity index (χ1) is 10.1. The Labute approximate surface area is 121 Å². The first-order valence-corrected chi connectivity index (χ1v) is 6.13. The Kier molecular flexibility index (Phi) is 4.32. The van der Waals surface area contributed by atoms with E-state index in [1.54, 1.807) is 24.3 Å². The van der Waals surface area contributed by atoms with Gasteiger partial charge in [-0.1, -0.05) is 18.2 Å². The molecular formula is C16H12FN3O. The quantitative estimate of drug-likeness (QED) is 0.670. The van der Waals surface area contributed by atoms with Crippen LogP contribution in [0.1, 0.15) is 11.1 Å². The van der Waals surface area contributed by atoms with Crippen LogP contribution in [0.4, 0.5) is 15.8 Å². The third kappa shape index (κ3) is 3.67. The molecule has 0 aliphatic heterocycles. The van der Waals surface area contributed by atoms with E-state index in [0.29, 0.717) is 16.8 Å². The summed E-state index contributed by atoms with van der Waals surface area (Å²) in [5.41, 5.74) is 6.89. The predicted molar refractivity (Wildman–Crippen MR) is 79.6 cm³/mol. The minimum atomic E-state index is -0.500. The fraction of sp³-hybridized carbons (Fsp3) is 0. The molecule has 0 aliphatic rings. The van der Waals surface area contributed by atoms with Crippen LogP contribution in [0.15, 0.2) is 48.5 Å². The van der Waals surface area contributed by atoms with E-state index in [1.165, 1.54) is 30.4 Å². The van der Waals surface area contributed by atoms with Gasteiger partial charge in [0.1, 0.15) is 11.9 Å². The number of benzene rings is 2. The Morgan fingerprint density at radius 1 is 1.29 bits per heavy atom. The van der Waals surface area contributed by atoms with E-state index in [1.807, 2.05) is 6.07 Å². The molecule has 0 bridgehead atoms. The van der Waals surface area contributed by atoms with Crippen molar-refractivity contribution in [2.45, 2.75) is 0 Å². The normalized spacial score (nSPS) is 10.3. The van der Waals surface area contributed by atoms with Crippen LogP contribution in [0.2, 0.25) is 0 Å². The number of carbonyl (C=O) groups is 1. The number of rotatable bonds is 3. The minimum Gasteiger partial charge on any atom is -0.396 e. The summed E-state index contributed by atoms with van der Waals surface area (Å²) in [6.45, 7) is 0. The number of nitrogens with one attached hydrogen (secondary N) is 1. The van der Waals surface area contributed by atoms with Crippen LogP contribution in [-0.2, 0) is 4.79 Å². The lowest BCUT2D eigenvalue weighted by molar-refractivity contribution is -0.111. The molecule has 21 heavy (non-hydrogen) atoms. The zero-order valence-electron chi connectivity index (χ0n) is 11.0. The van der Waals surface area contributed by atoms with Gasteiger partial charge >= 0.3 is 0 Å². The summed E-state index contributed by atoms with van der Waals surface area (Å²) in [6.07, 6.45) is 2.81. The summed E-state index contributed by atoms with van der Waals surface area (Å²) in [7, 11) is 0. The van der Waals surface area contributed by atoms with Crippen LogP contribution in [0.5, 0.6) is 0 Å². The van der Waals surface area contributed by atoms with Gasteiger partial charge in [-0.2, -0.15) is 5.26 Å². The third-order valence-corrected chi connectivity index (χ3v) is 2.75. The minimum absolute atomic E-state index is 0.0207. The van der Waals surface area contributed by atoms with Crippen molar-refractivity contribution in [2.75, 3.05) is 11.1 Å². The number of nitrogens with two attached hydrogens (primary N) is 1. The maximum atomic E-state index is 13.0. The second-order valence-corrected chi connectivity index (χ2v) is 4.26. The van der Waals surface area contributed by atoms with Crippen LogP contribution in [0, 0.1) is 17.1 Å². The maximum absolute atomic E-state index is 13.0. The third-order valence-electron chi connectivity index (χ3n) is 2.75. The molecule has 0 radical (unpaired) electrons. The lowest BCUT2D eigenvalue weighted by Crippen LogP contribution is -2.08. The van der Waals surface area contributed by atoms with Crippen LogP contribution in [0.3, 0.4) is 0 Å². The van der Waals surface area contributed by atoms with Gasteiger partial charge in [0.2, 0.25) is 5.91 Å². The maximum Gasteiger partial charge on any atom is 0.248 e. The van der Waals surface area contributed by atoms with Crippen molar-refractivity contribution in [3.8, 4) is 6.07 Å². The van der Waals surface area contributed by atoms with E-state index in [2.05, 4.69) is 5.32 Å². The highest BCUT2D eigenvalue weighted by atomic mass is 19.1. The highest BCUT2D eigenvalue weighted by Crippen LogP contribution is 2.15. The Bertz CT molecular complexity index is 747. The highest BCUT2D eigenvalue weighted by Gasteiger charge is 2.03. The van der Waals surface area contributed by atoms with Gasteiger partial charge in [0.25, 0.3) is 0 Å². The Hall–Kier alpha value is -3.13. The molecule has 0 spiro atoms. The molecule has 0 heterocycles. The first-order valence-electron chi connectivity index (χ1n) is 6.13. The molecule has 0 unspecified atom stereocenters. The standard InChI is InChI=1S/C16H12FN3O/c17-13-7-5-11(9-14(13)19)6-8-16(21)20-15-4-2-1-3-12(15)10-18/h1-9H,19H2,(H,20,21)/b8-6+. The number of nitrogens with zero attached hydrogens (tertiary/aromatic N) is 1. The summed E-state index contributed by atoms with van der Waals surface area (Å²) in [5.74, 6) is -0.889. The van der Waals surface area contributed by atoms with E-state index in [0.717, 1.165) is 0 Å². The first kappa shape index (κ1) is 14.3. The number of nitriles is 1. The van der Waals surface area contributed by atoms with E-state index in [9.17, 15) is 9.18 Å². The molecule has 3 N–H and O–H groups in total. The number of anilines is 2. The summed E-state index contributed by atoms with van der Waals surface area (Å²) in [6, 6.07) is 12.9. The topological polar surface area (TPSA) is 78.9 Å². The number of amides is 1. The zero-order valence-corrected chi connectivity index (χ0v) is 11.0. The molecule has 0 atom stereocenters. The van der Waals surface area contributed by atoms with Crippen molar-refractivity contribution in [3.05, 3.63) is 65.5 Å². The summed E-state index contributed by atoms with van der Waals surface area (Å²) >= 11 is 0. The van der Waals surface area contributed by atoms with Crippen LogP contribution >= 0.6 is 0 Å². The number of hydrogen-bond acceptors (Lipinski definition) is 3. The average Bonchev–Trinajstić information content (AvgIpc) is 2.49. The van der Waals surface area contributed by atoms with Gasteiger partial charge in [0, 0.05) is 6.08 Å². The molecule has 5 heteroatoms. The second-order valence-electron chi connectivity index (χ2n) is 4.26. The van der Waals surface area contributed by atoms with E-state index >= 15 is 0 Å². The van der Waals surface area contributed by atoms with E-state index in [-0.39, 0.29) is 11.6 Å². The largest absolute Gasteiger partial charge is 0.396 e. The van der Waals surface area contributed by atoms with Crippen LogP contribution in [-0.4, -0.2) is 5.91 Å². The zero-order chi connectivity index (χ0) is 15.2. The summed E-state index contributed by atoms with van der Waals surface area (Å²) in [5, 5.41) is 11.5. The number of para-hydroxylation sites is 1. The number of halogens is 1. The van der Waals surface area contributed by atoms with Gasteiger partial charge in [-0.05, 0) is 35.9 Å². The summed E-state index contributed by atoms with van der Waals surface area (Å²) < 4.78 is 13.0. The molecule has 104 valence electrons. The van der Waals surface area contributed by atoms with Gasteiger partial charge in [-0.15, -0.1) is 0 Å². The highest BCUT2D eigenvalue weighted by molar-refractivity contribution is 6.02. The van der Waals surface area contributed by atoms with Crippen LogP contribution in [0.25, 0.3) is 6.08 Å². The number of carbonyl (C=O) groups excluding carboxylic acids is 1. The summed E-state index contributed by atoms with van der Waals surface area (Å²) in [4.78, 5) is 11.8. The smallest absolute Gasteiger partial charge is 0.248 e. The monoisotopic (exact) mass is 281 g/mol. The Morgan fingerprint density at radius 2 is 2.05 bits per heavy atom. The molecule has 4 nitrogen and oxygen atoms in total. The fourth-order valence-electron chi connectivity index (χ4n) is 1.70.